The molecule has 2 aromatic carbocycles. The number of ketones is 1. The average Bonchev–Trinajstić information content (AvgIpc) is 3.52. The van der Waals surface area contributed by atoms with Crippen molar-refractivity contribution in [3.8, 4) is 0 Å². The van der Waals surface area contributed by atoms with Gasteiger partial charge in [-0.1, -0.05) is 70.9 Å². The predicted octanol–water partition coefficient (Wildman–Crippen LogP) is 6.19. The molecule has 5 rings (SSSR count). The first-order chi connectivity index (χ1) is 17.5. The highest BCUT2D eigenvalue weighted by Gasteiger charge is 2.19. The van der Waals surface area contributed by atoms with Crippen molar-refractivity contribution in [1.82, 2.24) is 14.9 Å². The Bertz CT molecular complexity index is 1470. The quantitative estimate of drug-likeness (QED) is 0.144. The summed E-state index contributed by atoms with van der Waals surface area (Å²) in [7, 11) is 0. The molecule has 6 nitrogen and oxygen atoms in total. The lowest BCUT2D eigenvalue weighted by atomic mass is 10.2. The molecule has 2 aromatic heterocycles. The van der Waals surface area contributed by atoms with Crippen molar-refractivity contribution in [2.24, 2.45) is 0 Å². The Morgan fingerprint density at radius 3 is 2.64 bits per heavy atom. The number of thiophene rings is 1. The molecule has 0 bridgehead atoms. The van der Waals surface area contributed by atoms with Crippen molar-refractivity contribution in [2.75, 3.05) is 5.75 Å². The smallest absolute Gasteiger partial charge is 0.272 e. The van der Waals surface area contributed by atoms with Gasteiger partial charge in [-0.2, -0.15) is 0 Å². The van der Waals surface area contributed by atoms with Crippen molar-refractivity contribution in [3.63, 3.8) is 0 Å². The Balaban J connectivity index is 1.39. The van der Waals surface area contributed by atoms with Crippen molar-refractivity contribution in [1.29, 1.82) is 0 Å². The van der Waals surface area contributed by atoms with Gasteiger partial charge in [0, 0.05) is 39.1 Å². The summed E-state index contributed by atoms with van der Waals surface area (Å²) in [6.45, 7) is 0.378. The minimum atomic E-state index is -0.115. The summed E-state index contributed by atoms with van der Waals surface area (Å²) in [6.07, 6.45) is 5.32. The van der Waals surface area contributed by atoms with E-state index in [-0.39, 0.29) is 29.0 Å². The number of aromatic nitrogens is 2. The molecule has 4 aromatic rings. The third-order valence-electron chi connectivity index (χ3n) is 6.45. The number of hydrogen-bond acceptors (Lipinski definition) is 6. The van der Waals surface area contributed by atoms with E-state index in [1.807, 2.05) is 36.4 Å². The standard InChI is InChI=1S/C27H26BrN3O3S2/c28-18-13-11-17(12-14-18)21(32)16-35-27-30-24-20-8-3-4-9-22(20)36-25(24)26(34)31(27)15-5-10-23(33)29-19-6-1-2-7-19/h3-4,8-9,11-14,19H,1-2,5-7,10,15-16H2,(H,29,33). The molecule has 1 N–H and O–H groups in total. The van der Waals surface area contributed by atoms with Gasteiger partial charge in [0.25, 0.3) is 5.56 Å². The third-order valence-corrected chi connectivity index (χ3v) is 9.10. The van der Waals surface area contributed by atoms with E-state index in [9.17, 15) is 14.4 Å². The third kappa shape index (κ3) is 5.58. The number of benzene rings is 2. The van der Waals surface area contributed by atoms with E-state index in [1.54, 1.807) is 16.7 Å². The van der Waals surface area contributed by atoms with Gasteiger partial charge in [0.1, 0.15) is 4.70 Å². The van der Waals surface area contributed by atoms with Gasteiger partial charge < -0.3 is 5.32 Å². The molecule has 0 saturated heterocycles. The molecule has 1 aliphatic carbocycles. The van der Waals surface area contributed by atoms with Crippen LogP contribution in [0.15, 0.2) is 63.0 Å². The molecule has 1 amide bonds. The Hall–Kier alpha value is -2.49. The minimum absolute atomic E-state index is 0.0282. The lowest BCUT2D eigenvalue weighted by molar-refractivity contribution is -0.121. The number of nitrogens with zero attached hydrogens (tertiary/aromatic N) is 2. The first-order valence-corrected chi connectivity index (χ1v) is 14.7. The molecule has 2 heterocycles. The van der Waals surface area contributed by atoms with Crippen molar-refractivity contribution < 1.29 is 9.59 Å². The second-order valence-electron chi connectivity index (χ2n) is 9.00. The summed E-state index contributed by atoms with van der Waals surface area (Å²) >= 11 is 6.11. The first-order valence-electron chi connectivity index (χ1n) is 12.1. The van der Waals surface area contributed by atoms with Crippen LogP contribution in [0.5, 0.6) is 0 Å². The molecule has 0 radical (unpaired) electrons. The fraction of sp³-hybridized carbons (Fsp3) is 0.333. The number of carbonyl (C=O) groups excluding carboxylic acids is 2. The van der Waals surface area contributed by atoms with Crippen LogP contribution < -0.4 is 10.9 Å². The fourth-order valence-corrected chi connectivity index (χ4v) is 6.85. The number of halogens is 1. The van der Waals surface area contributed by atoms with E-state index in [0.29, 0.717) is 40.3 Å². The highest BCUT2D eigenvalue weighted by atomic mass is 79.9. The number of thioether (sulfide) groups is 1. The van der Waals surface area contributed by atoms with Crippen LogP contribution >= 0.6 is 39.0 Å². The van der Waals surface area contributed by atoms with Crippen LogP contribution in [0, 0.1) is 0 Å². The fourth-order valence-electron chi connectivity index (χ4n) is 4.58. The van der Waals surface area contributed by atoms with Gasteiger partial charge in [0.2, 0.25) is 5.91 Å². The normalized spacial score (nSPS) is 14.0. The van der Waals surface area contributed by atoms with Crippen LogP contribution in [0.4, 0.5) is 0 Å². The summed E-state index contributed by atoms with van der Waals surface area (Å²) in [5, 5.41) is 4.57. The summed E-state index contributed by atoms with van der Waals surface area (Å²) in [5.41, 5.74) is 1.18. The van der Waals surface area contributed by atoms with Crippen LogP contribution in [-0.2, 0) is 11.3 Å². The highest BCUT2D eigenvalue weighted by molar-refractivity contribution is 9.10. The maximum atomic E-state index is 13.6. The molecule has 1 saturated carbocycles. The summed E-state index contributed by atoms with van der Waals surface area (Å²) in [6, 6.07) is 15.4. The predicted molar refractivity (Wildman–Crippen MR) is 150 cm³/mol. The van der Waals surface area contributed by atoms with Gasteiger partial charge in [0.15, 0.2) is 10.9 Å². The van der Waals surface area contributed by atoms with E-state index in [2.05, 4.69) is 21.2 Å². The Morgan fingerprint density at radius 2 is 1.86 bits per heavy atom. The molecule has 1 fully saturated rings. The maximum Gasteiger partial charge on any atom is 0.272 e. The van der Waals surface area contributed by atoms with Gasteiger partial charge >= 0.3 is 0 Å². The molecular weight excluding hydrogens is 558 g/mol. The van der Waals surface area contributed by atoms with Gasteiger partial charge in [-0.25, -0.2) is 4.98 Å². The number of fused-ring (bicyclic) bond motifs is 3. The van der Waals surface area contributed by atoms with E-state index in [0.717, 1.165) is 27.4 Å². The monoisotopic (exact) mass is 583 g/mol. The van der Waals surface area contributed by atoms with Gasteiger partial charge in [-0.05, 0) is 37.5 Å². The SMILES string of the molecule is O=C(CCCn1c(SCC(=O)c2ccc(Br)cc2)nc2c(sc3ccccc32)c1=O)NC1CCCC1. The first kappa shape index (κ1) is 25.2. The Morgan fingerprint density at radius 1 is 1.11 bits per heavy atom. The molecule has 1 aliphatic rings. The molecular formula is C27H26BrN3O3S2. The largest absolute Gasteiger partial charge is 0.353 e. The topological polar surface area (TPSA) is 81.1 Å². The van der Waals surface area contributed by atoms with Crippen molar-refractivity contribution in [3.05, 3.63) is 68.9 Å². The second-order valence-corrected chi connectivity index (χ2v) is 11.9. The van der Waals surface area contributed by atoms with E-state index in [1.165, 1.54) is 35.9 Å². The zero-order chi connectivity index (χ0) is 25.1. The van der Waals surface area contributed by atoms with E-state index >= 15 is 0 Å². The average molecular weight is 585 g/mol. The Kier molecular flexibility index (Phi) is 7.88. The van der Waals surface area contributed by atoms with Gasteiger partial charge in [-0.3, -0.25) is 19.0 Å². The number of amides is 1. The molecule has 0 unspecified atom stereocenters. The highest BCUT2D eigenvalue weighted by Crippen LogP contribution is 2.32. The summed E-state index contributed by atoms with van der Waals surface area (Å²) in [5.74, 6) is 0.175. The summed E-state index contributed by atoms with van der Waals surface area (Å²) < 4.78 is 4.16. The molecule has 36 heavy (non-hydrogen) atoms. The molecule has 0 aliphatic heterocycles. The van der Waals surface area contributed by atoms with Crippen LogP contribution in [0.1, 0.15) is 48.9 Å². The zero-order valence-corrected chi connectivity index (χ0v) is 22.9. The van der Waals surface area contributed by atoms with Crippen LogP contribution in [0.2, 0.25) is 0 Å². The van der Waals surface area contributed by atoms with Crippen molar-refractivity contribution in [2.45, 2.75) is 56.3 Å². The summed E-state index contributed by atoms with van der Waals surface area (Å²) in [4.78, 5) is 43.7. The number of rotatable bonds is 9. The van der Waals surface area contributed by atoms with Crippen LogP contribution in [-0.4, -0.2) is 33.0 Å². The van der Waals surface area contributed by atoms with Crippen LogP contribution in [0.3, 0.4) is 0 Å². The lowest BCUT2D eigenvalue weighted by Crippen LogP contribution is -2.32. The van der Waals surface area contributed by atoms with Gasteiger partial charge in [0.05, 0.1) is 11.3 Å². The van der Waals surface area contributed by atoms with E-state index in [4.69, 9.17) is 4.98 Å². The number of Topliss-reactive ketones (excluding diaryl/α,β-unsaturated/α-hetero) is 1. The second kappa shape index (κ2) is 11.3. The molecule has 186 valence electrons. The van der Waals surface area contributed by atoms with Gasteiger partial charge in [-0.15, -0.1) is 11.3 Å². The Labute approximate surface area is 225 Å². The number of hydrogen-bond donors (Lipinski definition) is 1. The lowest BCUT2D eigenvalue weighted by Gasteiger charge is -2.14. The van der Waals surface area contributed by atoms with Crippen molar-refractivity contribution >= 4 is 71.0 Å². The van der Waals surface area contributed by atoms with E-state index < -0.39 is 0 Å². The minimum Gasteiger partial charge on any atom is -0.353 e. The maximum absolute atomic E-state index is 13.6. The number of carbonyl (C=O) groups is 2. The van der Waals surface area contributed by atoms with Crippen LogP contribution in [0.25, 0.3) is 20.3 Å². The molecule has 9 heteroatoms. The molecule has 0 atom stereocenters. The number of nitrogens with one attached hydrogen (secondary N) is 1. The molecule has 0 spiro atoms. The zero-order valence-electron chi connectivity index (χ0n) is 19.7.